The Labute approximate surface area is 141 Å². The second-order valence-corrected chi connectivity index (χ2v) is 6.80. The fourth-order valence-corrected chi connectivity index (χ4v) is 3.35. The summed E-state index contributed by atoms with van der Waals surface area (Å²) in [6, 6.07) is 11.0. The molecule has 24 heavy (non-hydrogen) atoms. The zero-order valence-corrected chi connectivity index (χ0v) is 14.3. The van der Waals surface area contributed by atoms with Crippen LogP contribution >= 0.6 is 0 Å². The largest absolute Gasteiger partial charge is 0.339 e. The highest BCUT2D eigenvalue weighted by Crippen LogP contribution is 2.18. The summed E-state index contributed by atoms with van der Waals surface area (Å²) in [5.74, 6) is -0.775. The number of carbonyl (C=O) groups excluding carboxylic acids is 1. The van der Waals surface area contributed by atoms with Crippen LogP contribution in [0, 0.1) is 5.82 Å². The van der Waals surface area contributed by atoms with Crippen LogP contribution < -0.4 is 4.72 Å². The Bertz CT molecular complexity index is 833. The molecule has 0 aliphatic rings. The number of hydrogen-bond donors (Lipinski definition) is 1. The summed E-state index contributed by atoms with van der Waals surface area (Å²) in [5.41, 5.74) is 0.413. The Hall–Kier alpha value is -2.41. The lowest BCUT2D eigenvalue weighted by Crippen LogP contribution is -2.30. The van der Waals surface area contributed by atoms with Crippen molar-refractivity contribution >= 4 is 21.6 Å². The number of benzene rings is 2. The number of anilines is 1. The van der Waals surface area contributed by atoms with Crippen molar-refractivity contribution in [3.05, 3.63) is 59.9 Å². The highest BCUT2D eigenvalue weighted by atomic mass is 32.2. The third-order valence-electron chi connectivity index (χ3n) is 3.52. The van der Waals surface area contributed by atoms with Gasteiger partial charge in [-0.05, 0) is 50.2 Å². The van der Waals surface area contributed by atoms with Crippen LogP contribution in [0.3, 0.4) is 0 Å². The van der Waals surface area contributed by atoms with Crippen molar-refractivity contribution in [1.82, 2.24) is 4.90 Å². The number of hydrogen-bond acceptors (Lipinski definition) is 3. The van der Waals surface area contributed by atoms with E-state index in [4.69, 9.17) is 0 Å². The average Bonchev–Trinajstić information content (AvgIpc) is 2.55. The van der Waals surface area contributed by atoms with E-state index in [-0.39, 0.29) is 16.5 Å². The monoisotopic (exact) mass is 350 g/mol. The normalized spacial score (nSPS) is 11.1. The lowest BCUT2D eigenvalue weighted by molar-refractivity contribution is 0.0772. The molecule has 0 saturated carbocycles. The van der Waals surface area contributed by atoms with Gasteiger partial charge in [0.2, 0.25) is 0 Å². The van der Waals surface area contributed by atoms with Gasteiger partial charge in [-0.1, -0.05) is 12.1 Å². The van der Waals surface area contributed by atoms with Gasteiger partial charge in [-0.3, -0.25) is 9.52 Å². The standard InChI is InChI=1S/C17H19FN2O3S/c1-3-20(4-2)17(21)13-7-5-10-16(11-13)24(22,23)19-15-9-6-8-14(18)12-15/h5-12,19H,3-4H2,1-2H3. The predicted molar refractivity (Wildman–Crippen MR) is 90.9 cm³/mol. The van der Waals surface area contributed by atoms with Gasteiger partial charge >= 0.3 is 0 Å². The Morgan fingerprint density at radius 2 is 1.75 bits per heavy atom. The molecule has 2 aromatic rings. The van der Waals surface area contributed by atoms with E-state index in [1.807, 2.05) is 13.8 Å². The number of nitrogens with one attached hydrogen (secondary N) is 1. The van der Waals surface area contributed by atoms with Crippen molar-refractivity contribution in [2.45, 2.75) is 18.7 Å². The van der Waals surface area contributed by atoms with Gasteiger partial charge in [-0.2, -0.15) is 0 Å². The second-order valence-electron chi connectivity index (χ2n) is 5.12. The van der Waals surface area contributed by atoms with E-state index in [1.54, 1.807) is 11.0 Å². The van der Waals surface area contributed by atoms with Crippen molar-refractivity contribution in [3.63, 3.8) is 0 Å². The third kappa shape index (κ3) is 4.11. The highest BCUT2D eigenvalue weighted by Gasteiger charge is 2.18. The van der Waals surface area contributed by atoms with Gasteiger partial charge in [0, 0.05) is 18.7 Å². The molecule has 0 aliphatic heterocycles. The third-order valence-corrected chi connectivity index (χ3v) is 4.90. The minimum absolute atomic E-state index is 0.0511. The van der Waals surface area contributed by atoms with Gasteiger partial charge in [-0.15, -0.1) is 0 Å². The number of carbonyl (C=O) groups is 1. The molecule has 0 bridgehead atoms. The molecule has 0 unspecified atom stereocenters. The summed E-state index contributed by atoms with van der Waals surface area (Å²) >= 11 is 0. The molecule has 0 fully saturated rings. The van der Waals surface area contributed by atoms with Crippen molar-refractivity contribution < 1.29 is 17.6 Å². The maximum absolute atomic E-state index is 13.2. The summed E-state index contributed by atoms with van der Waals surface area (Å²) in [4.78, 5) is 13.9. The van der Waals surface area contributed by atoms with E-state index in [1.165, 1.54) is 36.4 Å². The van der Waals surface area contributed by atoms with E-state index in [2.05, 4.69) is 4.72 Å². The van der Waals surface area contributed by atoms with Gasteiger partial charge in [-0.25, -0.2) is 12.8 Å². The Morgan fingerprint density at radius 1 is 1.08 bits per heavy atom. The molecule has 128 valence electrons. The molecule has 0 aromatic heterocycles. The summed E-state index contributed by atoms with van der Waals surface area (Å²) < 4.78 is 40.4. The smallest absolute Gasteiger partial charge is 0.261 e. The molecule has 0 saturated heterocycles. The lowest BCUT2D eigenvalue weighted by Gasteiger charge is -2.19. The maximum Gasteiger partial charge on any atom is 0.261 e. The number of halogens is 1. The number of amides is 1. The van der Waals surface area contributed by atoms with Gasteiger partial charge in [0.25, 0.3) is 15.9 Å². The van der Waals surface area contributed by atoms with Crippen LogP contribution in [0.4, 0.5) is 10.1 Å². The Kier molecular flexibility index (Phi) is 5.56. The fraction of sp³-hybridized carbons (Fsp3) is 0.235. The maximum atomic E-state index is 13.2. The minimum Gasteiger partial charge on any atom is -0.339 e. The first kappa shape index (κ1) is 17.9. The number of nitrogens with zero attached hydrogens (tertiary/aromatic N) is 1. The van der Waals surface area contributed by atoms with Gasteiger partial charge in [0.05, 0.1) is 10.6 Å². The first-order valence-electron chi connectivity index (χ1n) is 7.55. The topological polar surface area (TPSA) is 66.5 Å². The summed E-state index contributed by atoms with van der Waals surface area (Å²) in [7, 11) is -3.91. The van der Waals surface area contributed by atoms with Crippen molar-refractivity contribution in [2.75, 3.05) is 17.8 Å². The zero-order valence-electron chi connectivity index (χ0n) is 13.5. The van der Waals surface area contributed by atoms with Crippen LogP contribution in [0.15, 0.2) is 53.4 Å². The molecule has 1 N–H and O–H groups in total. The van der Waals surface area contributed by atoms with E-state index in [0.29, 0.717) is 18.7 Å². The van der Waals surface area contributed by atoms with Gasteiger partial charge < -0.3 is 4.90 Å². The van der Waals surface area contributed by atoms with E-state index in [0.717, 1.165) is 6.07 Å². The summed E-state index contributed by atoms with van der Waals surface area (Å²) in [6.07, 6.45) is 0. The minimum atomic E-state index is -3.91. The van der Waals surface area contributed by atoms with Crippen LogP contribution in [0.5, 0.6) is 0 Å². The molecule has 0 spiro atoms. The quantitative estimate of drug-likeness (QED) is 0.870. The van der Waals surface area contributed by atoms with Crippen molar-refractivity contribution in [1.29, 1.82) is 0 Å². The Balaban J connectivity index is 2.31. The molecule has 0 heterocycles. The molecule has 0 atom stereocenters. The molecular formula is C17H19FN2O3S. The van der Waals surface area contributed by atoms with E-state index < -0.39 is 15.8 Å². The van der Waals surface area contributed by atoms with Gasteiger partial charge in [0.15, 0.2) is 0 Å². The molecule has 2 rings (SSSR count). The van der Waals surface area contributed by atoms with E-state index >= 15 is 0 Å². The molecule has 0 radical (unpaired) electrons. The first-order chi connectivity index (χ1) is 11.4. The molecule has 5 nitrogen and oxygen atoms in total. The highest BCUT2D eigenvalue weighted by molar-refractivity contribution is 7.92. The molecular weight excluding hydrogens is 331 g/mol. The lowest BCUT2D eigenvalue weighted by atomic mass is 10.2. The average molecular weight is 350 g/mol. The SMILES string of the molecule is CCN(CC)C(=O)c1cccc(S(=O)(=O)Nc2cccc(F)c2)c1. The summed E-state index contributed by atoms with van der Waals surface area (Å²) in [6.45, 7) is 4.78. The van der Waals surface area contributed by atoms with Crippen LogP contribution in [-0.4, -0.2) is 32.3 Å². The van der Waals surface area contributed by atoms with Crippen LogP contribution in [0.1, 0.15) is 24.2 Å². The number of rotatable bonds is 6. The predicted octanol–water partition coefficient (Wildman–Crippen LogP) is 3.11. The van der Waals surface area contributed by atoms with Crippen LogP contribution in [0.2, 0.25) is 0 Å². The van der Waals surface area contributed by atoms with Crippen molar-refractivity contribution in [2.24, 2.45) is 0 Å². The molecule has 0 aliphatic carbocycles. The summed E-state index contributed by atoms with van der Waals surface area (Å²) in [5, 5.41) is 0. The second kappa shape index (κ2) is 7.44. The molecule has 2 aromatic carbocycles. The van der Waals surface area contributed by atoms with Gasteiger partial charge in [0.1, 0.15) is 5.82 Å². The van der Waals surface area contributed by atoms with Crippen LogP contribution in [-0.2, 0) is 10.0 Å². The van der Waals surface area contributed by atoms with Crippen molar-refractivity contribution in [3.8, 4) is 0 Å². The fourth-order valence-electron chi connectivity index (χ4n) is 2.26. The number of sulfonamides is 1. The first-order valence-corrected chi connectivity index (χ1v) is 9.03. The Morgan fingerprint density at radius 3 is 2.38 bits per heavy atom. The van der Waals surface area contributed by atoms with E-state index in [9.17, 15) is 17.6 Å². The zero-order chi connectivity index (χ0) is 17.7. The molecule has 7 heteroatoms. The molecule has 1 amide bonds. The van der Waals surface area contributed by atoms with Crippen LogP contribution in [0.25, 0.3) is 0 Å².